The highest BCUT2D eigenvalue weighted by molar-refractivity contribution is 5.75. The fraction of sp³-hybridized carbons (Fsp3) is 0.407. The first-order valence-electron chi connectivity index (χ1n) is 11.0. The molecule has 0 nitrogen and oxygen atoms in total. The van der Waals surface area contributed by atoms with Crippen molar-refractivity contribution in [1.82, 2.24) is 0 Å². The molecule has 0 N–H and O–H groups in total. The first-order valence-corrected chi connectivity index (χ1v) is 11.0. The number of rotatable bonds is 9. The van der Waals surface area contributed by atoms with Gasteiger partial charge in [-0.3, -0.25) is 0 Å². The molecule has 1 aliphatic carbocycles. The Hall–Kier alpha value is -2.22. The van der Waals surface area contributed by atoms with E-state index in [0.717, 1.165) is 44.1 Å². The van der Waals surface area contributed by atoms with Gasteiger partial charge in [-0.15, -0.1) is 0 Å². The maximum absolute atomic E-state index is 14.2. The zero-order chi connectivity index (χ0) is 20.7. The van der Waals surface area contributed by atoms with E-state index in [1.165, 1.54) is 30.0 Å². The maximum Gasteiger partial charge on any atom is 0.166 e. The second-order valence-electron chi connectivity index (χ2n) is 8.33. The number of hydrogen-bond donors (Lipinski definition) is 0. The number of aryl methyl sites for hydroxylation is 2. The minimum absolute atomic E-state index is 0.100. The van der Waals surface area contributed by atoms with Gasteiger partial charge < -0.3 is 0 Å². The van der Waals surface area contributed by atoms with E-state index in [9.17, 15) is 8.78 Å². The molecule has 29 heavy (non-hydrogen) atoms. The van der Waals surface area contributed by atoms with E-state index in [1.54, 1.807) is 12.1 Å². The predicted molar refractivity (Wildman–Crippen MR) is 119 cm³/mol. The zero-order valence-corrected chi connectivity index (χ0v) is 17.7. The summed E-state index contributed by atoms with van der Waals surface area (Å²) in [6, 6.07) is 13.4. The lowest BCUT2D eigenvalue weighted by Gasteiger charge is -2.32. The molecule has 1 unspecified atom stereocenters. The normalized spacial score (nSPS) is 18.7. The van der Waals surface area contributed by atoms with Crippen LogP contribution < -0.4 is 0 Å². The average Bonchev–Trinajstić information content (AvgIpc) is 2.74. The van der Waals surface area contributed by atoms with Crippen LogP contribution in [0.3, 0.4) is 0 Å². The lowest BCUT2D eigenvalue weighted by molar-refractivity contribution is 0.321. The molecule has 1 aliphatic rings. The van der Waals surface area contributed by atoms with Gasteiger partial charge in [-0.1, -0.05) is 81.3 Å². The molecule has 0 saturated heterocycles. The van der Waals surface area contributed by atoms with Crippen molar-refractivity contribution in [2.75, 3.05) is 0 Å². The highest BCUT2D eigenvalue weighted by Crippen LogP contribution is 2.41. The van der Waals surface area contributed by atoms with Gasteiger partial charge in [0.25, 0.3) is 0 Å². The standard InChI is InChI=1S/C27H32F2/c1-3-5-7-21-10-12-22(13-11-21)14-18-27(17-4-2)19-15-23(16-20-27)24-8-6-9-25(28)26(24)29/h6,8-13,15-16,19H,3-5,7,14,17-18,20H2,1-2H3. The van der Waals surface area contributed by atoms with Crippen LogP contribution in [0.1, 0.15) is 69.1 Å². The number of halogens is 2. The van der Waals surface area contributed by atoms with Crippen molar-refractivity contribution in [2.24, 2.45) is 5.41 Å². The van der Waals surface area contributed by atoms with Crippen LogP contribution in [0.2, 0.25) is 0 Å². The molecule has 3 rings (SSSR count). The van der Waals surface area contributed by atoms with Crippen LogP contribution >= 0.6 is 0 Å². The third-order valence-electron chi connectivity index (χ3n) is 6.11. The molecule has 0 bridgehead atoms. The molecule has 0 spiro atoms. The monoisotopic (exact) mass is 394 g/mol. The summed E-state index contributed by atoms with van der Waals surface area (Å²) in [7, 11) is 0. The Bertz CT molecular complexity index is 861. The van der Waals surface area contributed by atoms with Gasteiger partial charge >= 0.3 is 0 Å². The molecule has 2 aromatic carbocycles. The van der Waals surface area contributed by atoms with E-state index in [0.29, 0.717) is 5.56 Å². The van der Waals surface area contributed by atoms with E-state index in [2.05, 4.69) is 50.3 Å². The Kier molecular flexibility index (Phi) is 7.41. The van der Waals surface area contributed by atoms with E-state index < -0.39 is 11.6 Å². The Balaban J connectivity index is 1.68. The van der Waals surface area contributed by atoms with Crippen molar-refractivity contribution in [1.29, 1.82) is 0 Å². The van der Waals surface area contributed by atoms with Crippen molar-refractivity contribution in [2.45, 2.75) is 65.2 Å². The Morgan fingerprint density at radius 2 is 1.59 bits per heavy atom. The smallest absolute Gasteiger partial charge is 0.166 e. The number of unbranched alkanes of at least 4 members (excludes halogenated alkanes) is 1. The summed E-state index contributed by atoms with van der Waals surface area (Å²) >= 11 is 0. The molecular formula is C27H32F2. The SMILES string of the molecule is CCCCc1ccc(CCC2(CCC)C=CC(c3cccc(F)c3F)=CC2)cc1. The van der Waals surface area contributed by atoms with Gasteiger partial charge in [0.15, 0.2) is 11.6 Å². The van der Waals surface area contributed by atoms with Crippen LogP contribution in [0.25, 0.3) is 5.57 Å². The fourth-order valence-corrected chi connectivity index (χ4v) is 4.28. The average molecular weight is 395 g/mol. The minimum atomic E-state index is -0.787. The van der Waals surface area contributed by atoms with E-state index >= 15 is 0 Å². The van der Waals surface area contributed by atoms with E-state index in [1.807, 2.05) is 6.08 Å². The fourth-order valence-electron chi connectivity index (χ4n) is 4.28. The molecule has 0 heterocycles. The molecule has 0 saturated carbocycles. The summed E-state index contributed by atoms with van der Waals surface area (Å²) in [4.78, 5) is 0. The summed E-state index contributed by atoms with van der Waals surface area (Å²) in [6.07, 6.45) is 15.1. The first kappa shape index (κ1) is 21.5. The van der Waals surface area contributed by atoms with Gasteiger partial charge in [-0.25, -0.2) is 8.78 Å². The topological polar surface area (TPSA) is 0 Å². The highest BCUT2D eigenvalue weighted by Gasteiger charge is 2.28. The number of benzene rings is 2. The molecule has 1 atom stereocenters. The quantitative estimate of drug-likeness (QED) is 0.403. The van der Waals surface area contributed by atoms with Crippen molar-refractivity contribution in [3.05, 3.63) is 89.0 Å². The van der Waals surface area contributed by atoms with Gasteiger partial charge in [-0.05, 0) is 66.7 Å². The van der Waals surface area contributed by atoms with E-state index in [-0.39, 0.29) is 5.41 Å². The largest absolute Gasteiger partial charge is 0.204 e. The van der Waals surface area contributed by atoms with Gasteiger partial charge in [0.05, 0.1) is 0 Å². The van der Waals surface area contributed by atoms with Crippen LogP contribution in [0.4, 0.5) is 8.78 Å². The van der Waals surface area contributed by atoms with Crippen LogP contribution in [-0.4, -0.2) is 0 Å². The summed E-state index contributed by atoms with van der Waals surface area (Å²) in [5.41, 5.74) is 4.03. The van der Waals surface area contributed by atoms with Crippen LogP contribution in [-0.2, 0) is 12.8 Å². The molecule has 2 aromatic rings. The molecule has 0 amide bonds. The van der Waals surface area contributed by atoms with Crippen molar-refractivity contribution in [3.63, 3.8) is 0 Å². The molecule has 0 fully saturated rings. The predicted octanol–water partition coefficient (Wildman–Crippen LogP) is 8.07. The minimum Gasteiger partial charge on any atom is -0.204 e. The molecular weight excluding hydrogens is 362 g/mol. The molecule has 0 radical (unpaired) electrons. The summed E-state index contributed by atoms with van der Waals surface area (Å²) < 4.78 is 27.7. The Morgan fingerprint density at radius 3 is 2.21 bits per heavy atom. The second-order valence-corrected chi connectivity index (χ2v) is 8.33. The third kappa shape index (κ3) is 5.44. The first-order chi connectivity index (χ1) is 14.1. The highest BCUT2D eigenvalue weighted by atomic mass is 19.2. The van der Waals surface area contributed by atoms with Gasteiger partial charge in [0.1, 0.15) is 0 Å². The van der Waals surface area contributed by atoms with Crippen molar-refractivity contribution in [3.8, 4) is 0 Å². The zero-order valence-electron chi connectivity index (χ0n) is 17.7. The number of allylic oxidation sites excluding steroid dienone is 4. The molecule has 0 aromatic heterocycles. The number of hydrogen-bond acceptors (Lipinski definition) is 0. The van der Waals surface area contributed by atoms with Crippen molar-refractivity contribution >= 4 is 5.57 Å². The van der Waals surface area contributed by atoms with Crippen LogP contribution in [0, 0.1) is 17.0 Å². The van der Waals surface area contributed by atoms with Gasteiger partial charge in [-0.2, -0.15) is 0 Å². The maximum atomic E-state index is 14.2. The Labute approximate surface area is 174 Å². The molecule has 154 valence electrons. The molecule has 2 heteroatoms. The van der Waals surface area contributed by atoms with Gasteiger partial charge in [0, 0.05) is 5.56 Å². The second kappa shape index (κ2) is 10.0. The van der Waals surface area contributed by atoms with Crippen molar-refractivity contribution < 1.29 is 8.78 Å². The summed E-state index contributed by atoms with van der Waals surface area (Å²) in [6.45, 7) is 4.44. The lowest BCUT2D eigenvalue weighted by Crippen LogP contribution is -2.20. The molecule has 0 aliphatic heterocycles. The Morgan fingerprint density at radius 1 is 0.862 bits per heavy atom. The van der Waals surface area contributed by atoms with Crippen LogP contribution in [0.5, 0.6) is 0 Å². The summed E-state index contributed by atoms with van der Waals surface area (Å²) in [5.74, 6) is -1.54. The third-order valence-corrected chi connectivity index (χ3v) is 6.11. The van der Waals surface area contributed by atoms with Crippen LogP contribution in [0.15, 0.2) is 60.7 Å². The summed E-state index contributed by atoms with van der Waals surface area (Å²) in [5, 5.41) is 0. The van der Waals surface area contributed by atoms with Gasteiger partial charge in [0.2, 0.25) is 0 Å². The lowest BCUT2D eigenvalue weighted by atomic mass is 9.72. The van der Waals surface area contributed by atoms with E-state index in [4.69, 9.17) is 0 Å².